The minimum Gasteiger partial charge on any atom is -0.375 e. The third kappa shape index (κ3) is 1.68. The lowest BCUT2D eigenvalue weighted by atomic mass is 9.83. The fraction of sp³-hybridized carbons (Fsp3) is 0.636. The van der Waals surface area contributed by atoms with Crippen molar-refractivity contribution in [2.45, 2.75) is 37.5 Å². The molecule has 0 amide bonds. The summed E-state index contributed by atoms with van der Waals surface area (Å²) < 4.78 is 7.01. The van der Waals surface area contributed by atoms with E-state index < -0.39 is 0 Å². The maximum Gasteiger partial charge on any atom is 0.0627 e. The Morgan fingerprint density at radius 2 is 2.40 bits per heavy atom. The third-order valence-electron chi connectivity index (χ3n) is 3.56. The van der Waals surface area contributed by atoms with E-state index in [1.165, 1.54) is 17.7 Å². The van der Waals surface area contributed by atoms with Crippen molar-refractivity contribution >= 4 is 27.3 Å². The molecule has 0 radical (unpaired) electrons. The summed E-state index contributed by atoms with van der Waals surface area (Å²) in [6, 6.07) is 2.23. The second-order valence-corrected chi connectivity index (χ2v) is 6.23. The third-order valence-corrected chi connectivity index (χ3v) is 5.53. The molecule has 3 rings (SSSR count). The van der Waals surface area contributed by atoms with Crippen molar-refractivity contribution in [2.24, 2.45) is 11.7 Å². The normalized spacial score (nSPS) is 36.0. The fourth-order valence-corrected chi connectivity index (χ4v) is 4.51. The second kappa shape index (κ2) is 3.84. The van der Waals surface area contributed by atoms with Crippen molar-refractivity contribution in [3.05, 3.63) is 20.8 Å². The topological polar surface area (TPSA) is 35.2 Å². The number of hydrogen-bond donors (Lipinski definition) is 1. The highest BCUT2D eigenvalue weighted by Gasteiger charge is 2.44. The highest BCUT2D eigenvalue weighted by Crippen LogP contribution is 2.45. The second-order valence-electron chi connectivity index (χ2n) is 4.43. The van der Waals surface area contributed by atoms with Gasteiger partial charge in [-0.2, -0.15) is 0 Å². The van der Waals surface area contributed by atoms with Crippen LogP contribution >= 0.6 is 27.3 Å². The number of halogens is 1. The van der Waals surface area contributed by atoms with Gasteiger partial charge in [0, 0.05) is 21.3 Å². The lowest BCUT2D eigenvalue weighted by molar-refractivity contribution is 0.0886. The zero-order valence-electron chi connectivity index (χ0n) is 8.36. The highest BCUT2D eigenvalue weighted by molar-refractivity contribution is 9.10. The van der Waals surface area contributed by atoms with Gasteiger partial charge in [0.1, 0.15) is 0 Å². The summed E-state index contributed by atoms with van der Waals surface area (Å²) >= 11 is 5.30. The van der Waals surface area contributed by atoms with Gasteiger partial charge in [0.15, 0.2) is 0 Å². The smallest absolute Gasteiger partial charge is 0.0627 e. The predicted molar refractivity (Wildman–Crippen MR) is 64.9 cm³/mol. The Hall–Kier alpha value is 0.1000. The Kier molecular flexibility index (Phi) is 2.63. The molecule has 2 fully saturated rings. The van der Waals surface area contributed by atoms with Crippen LogP contribution in [0.4, 0.5) is 0 Å². The molecule has 0 saturated carbocycles. The molecule has 4 atom stereocenters. The molecule has 1 aromatic rings. The first-order valence-electron chi connectivity index (χ1n) is 5.39. The highest BCUT2D eigenvalue weighted by atomic mass is 79.9. The molecular weight excluding hydrogens is 274 g/mol. The number of fused-ring (bicyclic) bond motifs is 2. The molecular formula is C11H14BrNOS. The van der Waals surface area contributed by atoms with Gasteiger partial charge in [0.25, 0.3) is 0 Å². The molecule has 2 nitrogen and oxygen atoms in total. The molecule has 15 heavy (non-hydrogen) atoms. The van der Waals surface area contributed by atoms with Crippen LogP contribution in [0.1, 0.15) is 30.2 Å². The van der Waals surface area contributed by atoms with Crippen LogP contribution in [0.3, 0.4) is 0 Å². The van der Waals surface area contributed by atoms with Crippen LogP contribution in [0.15, 0.2) is 15.9 Å². The Morgan fingerprint density at radius 1 is 1.53 bits per heavy atom. The zero-order chi connectivity index (χ0) is 10.4. The molecule has 2 aliphatic rings. The number of rotatable bonds is 2. The molecule has 2 bridgehead atoms. The number of hydrogen-bond acceptors (Lipinski definition) is 3. The van der Waals surface area contributed by atoms with E-state index in [9.17, 15) is 0 Å². The Bertz CT molecular complexity index is 367. The molecule has 1 aromatic heterocycles. The maximum absolute atomic E-state index is 6.33. The average Bonchev–Trinajstić information content (AvgIpc) is 2.91. The Balaban J connectivity index is 1.81. The van der Waals surface area contributed by atoms with E-state index in [1.54, 1.807) is 11.3 Å². The van der Waals surface area contributed by atoms with E-state index >= 15 is 0 Å². The van der Waals surface area contributed by atoms with Crippen molar-refractivity contribution in [3.63, 3.8) is 0 Å². The van der Waals surface area contributed by atoms with Crippen molar-refractivity contribution < 1.29 is 4.74 Å². The SMILES string of the molecule is NC(c1sccc1Br)C1CC2CCC1O2. The quantitative estimate of drug-likeness (QED) is 0.907. The average molecular weight is 288 g/mol. The molecule has 3 heterocycles. The lowest BCUT2D eigenvalue weighted by Crippen LogP contribution is -2.28. The van der Waals surface area contributed by atoms with E-state index in [-0.39, 0.29) is 6.04 Å². The molecule has 82 valence electrons. The molecule has 2 aliphatic heterocycles. The van der Waals surface area contributed by atoms with Crippen LogP contribution in [-0.4, -0.2) is 12.2 Å². The molecule has 0 aromatic carbocycles. The van der Waals surface area contributed by atoms with E-state index in [4.69, 9.17) is 10.5 Å². The van der Waals surface area contributed by atoms with Crippen LogP contribution in [-0.2, 0) is 4.74 Å². The van der Waals surface area contributed by atoms with Crippen molar-refractivity contribution in [3.8, 4) is 0 Å². The molecule has 2 saturated heterocycles. The first-order chi connectivity index (χ1) is 7.25. The summed E-state index contributed by atoms with van der Waals surface area (Å²) in [4.78, 5) is 1.27. The van der Waals surface area contributed by atoms with Gasteiger partial charge in [-0.15, -0.1) is 11.3 Å². The van der Waals surface area contributed by atoms with E-state index in [2.05, 4.69) is 27.4 Å². The van der Waals surface area contributed by atoms with Gasteiger partial charge in [-0.1, -0.05) is 0 Å². The standard InChI is InChI=1S/C11H14BrNOS/c12-8-3-4-15-11(8)10(13)7-5-6-1-2-9(7)14-6/h3-4,6-7,9-10H,1-2,5,13H2. The van der Waals surface area contributed by atoms with Gasteiger partial charge in [-0.05, 0) is 46.6 Å². The molecule has 4 heteroatoms. The maximum atomic E-state index is 6.33. The fourth-order valence-electron chi connectivity index (χ4n) is 2.79. The van der Waals surface area contributed by atoms with Gasteiger partial charge in [-0.25, -0.2) is 0 Å². The van der Waals surface area contributed by atoms with Crippen molar-refractivity contribution in [1.29, 1.82) is 0 Å². The summed E-state index contributed by atoms with van der Waals surface area (Å²) in [5.74, 6) is 0.527. The van der Waals surface area contributed by atoms with Crippen LogP contribution < -0.4 is 5.73 Å². The predicted octanol–water partition coefficient (Wildman–Crippen LogP) is 3.08. The van der Waals surface area contributed by atoms with Crippen LogP contribution in [0.25, 0.3) is 0 Å². The van der Waals surface area contributed by atoms with Crippen molar-refractivity contribution in [2.75, 3.05) is 0 Å². The summed E-state index contributed by atoms with van der Waals surface area (Å²) in [5.41, 5.74) is 6.33. The monoisotopic (exact) mass is 287 g/mol. The number of thiophene rings is 1. The molecule has 0 spiro atoms. The van der Waals surface area contributed by atoms with Gasteiger partial charge in [-0.3, -0.25) is 0 Å². The van der Waals surface area contributed by atoms with Gasteiger partial charge in [0.2, 0.25) is 0 Å². The zero-order valence-corrected chi connectivity index (χ0v) is 10.8. The summed E-state index contributed by atoms with van der Waals surface area (Å²) in [6.07, 6.45) is 4.49. The molecule has 0 aliphatic carbocycles. The van der Waals surface area contributed by atoms with Crippen LogP contribution in [0.2, 0.25) is 0 Å². The minimum absolute atomic E-state index is 0.148. The van der Waals surface area contributed by atoms with Gasteiger partial charge in [0.05, 0.1) is 12.2 Å². The first kappa shape index (κ1) is 10.3. The van der Waals surface area contributed by atoms with Gasteiger partial charge >= 0.3 is 0 Å². The van der Waals surface area contributed by atoms with Gasteiger partial charge < -0.3 is 10.5 Å². The number of ether oxygens (including phenoxy) is 1. The lowest BCUT2D eigenvalue weighted by Gasteiger charge is -2.24. The Morgan fingerprint density at radius 3 is 2.93 bits per heavy atom. The number of nitrogens with two attached hydrogens (primary N) is 1. The minimum atomic E-state index is 0.148. The van der Waals surface area contributed by atoms with E-state index in [1.807, 2.05) is 0 Å². The summed E-state index contributed by atoms with van der Waals surface area (Å²) in [5, 5.41) is 2.09. The van der Waals surface area contributed by atoms with E-state index in [0.717, 1.165) is 10.9 Å². The van der Waals surface area contributed by atoms with Crippen LogP contribution in [0.5, 0.6) is 0 Å². The molecule has 2 N–H and O–H groups in total. The van der Waals surface area contributed by atoms with Crippen LogP contribution in [0, 0.1) is 5.92 Å². The summed E-state index contributed by atoms with van der Waals surface area (Å²) in [7, 11) is 0. The van der Waals surface area contributed by atoms with E-state index in [0.29, 0.717) is 18.1 Å². The van der Waals surface area contributed by atoms with Crippen molar-refractivity contribution in [1.82, 2.24) is 0 Å². The Labute approximate surface area is 102 Å². The largest absolute Gasteiger partial charge is 0.375 e. The summed E-state index contributed by atoms with van der Waals surface area (Å²) in [6.45, 7) is 0. The first-order valence-corrected chi connectivity index (χ1v) is 7.07. The molecule has 4 unspecified atom stereocenters.